The molecule has 1 heteroatoms. The molecule has 1 rings (SSSR count). The Morgan fingerprint density at radius 1 is 0.824 bits per heavy atom. The van der Waals surface area contributed by atoms with Gasteiger partial charge in [0, 0.05) is 0 Å². The Morgan fingerprint density at radius 3 is 1.94 bits per heavy atom. The van der Waals surface area contributed by atoms with Crippen molar-refractivity contribution in [2.24, 2.45) is 0 Å². The molecule has 0 N–H and O–H groups in total. The van der Waals surface area contributed by atoms with Crippen molar-refractivity contribution in [3.63, 3.8) is 0 Å². The molecular weight excluding hydrogens is 199 g/mol. The second-order valence-corrected chi connectivity index (χ2v) is 4.63. The summed E-state index contributed by atoms with van der Waals surface area (Å²) in [5.41, 5.74) is 1.46. The maximum atomic E-state index is 3.06. The molecule has 0 spiro atoms. The van der Waals surface area contributed by atoms with Crippen molar-refractivity contribution < 1.29 is 0 Å². The molecule has 0 atom stereocenters. The molecule has 0 fully saturated rings. The van der Waals surface area contributed by atoms with Gasteiger partial charge in [0.05, 0.1) is 0 Å². The van der Waals surface area contributed by atoms with Crippen LogP contribution >= 0.6 is 0 Å². The van der Waals surface area contributed by atoms with E-state index in [9.17, 15) is 0 Å². The summed E-state index contributed by atoms with van der Waals surface area (Å²) in [7, 11) is 0. The minimum atomic E-state index is 0. The fourth-order valence-corrected chi connectivity index (χ4v) is 2.05. The van der Waals surface area contributed by atoms with Gasteiger partial charge in [-0.25, -0.2) is 0 Å². The Hall–Kier alpha value is -0.183. The van der Waals surface area contributed by atoms with Gasteiger partial charge in [-0.1, -0.05) is 76.1 Å². The molecule has 0 unspecified atom stereocenters. The summed E-state index contributed by atoms with van der Waals surface area (Å²) in [6.07, 6.45) is 12.5. The maximum absolute atomic E-state index is 3.06. The first-order chi connectivity index (χ1) is 7.93. The fraction of sp³-hybridized carbons (Fsp3) is 0.625. The number of rotatable bonds is 9. The molecule has 0 aliphatic heterocycles. The van der Waals surface area contributed by atoms with Crippen LogP contribution in [0.15, 0.2) is 24.3 Å². The summed E-state index contributed by atoms with van der Waals surface area (Å²) >= 11 is 0. The van der Waals surface area contributed by atoms with E-state index in [2.05, 4.69) is 25.1 Å². The Balaban J connectivity index is 0.00000256. The van der Waals surface area contributed by atoms with Gasteiger partial charge in [0.1, 0.15) is 0 Å². The number of unbranched alkanes of at least 4 members (excludes halogenated alkanes) is 7. The molecule has 0 saturated heterocycles. The van der Waals surface area contributed by atoms with Gasteiger partial charge < -0.3 is 0 Å². The second kappa shape index (κ2) is 12.3. The number of hydrogen-bond acceptors (Lipinski definition) is 0. The zero-order chi connectivity index (χ0) is 11.5. The van der Waals surface area contributed by atoms with Gasteiger partial charge >= 0.3 is 18.9 Å². The Labute approximate surface area is 119 Å². The normalized spacial score (nSPS) is 9.94. The summed E-state index contributed by atoms with van der Waals surface area (Å²) in [6, 6.07) is 11.5. The monoisotopic (exact) mass is 225 g/mol. The molecule has 1 aromatic carbocycles. The molecule has 0 aliphatic carbocycles. The van der Waals surface area contributed by atoms with Crippen molar-refractivity contribution in [3.8, 4) is 0 Å². The predicted octanol–water partition coefficient (Wildman–Crippen LogP) is 4.52. The van der Waals surface area contributed by atoms with Gasteiger partial charge in [-0.3, -0.25) is 0 Å². The summed E-state index contributed by atoms with van der Waals surface area (Å²) in [4.78, 5) is 0. The van der Waals surface area contributed by atoms with Crippen LogP contribution in [-0.4, -0.2) is 18.9 Å². The molecule has 1 aromatic rings. The van der Waals surface area contributed by atoms with Crippen LogP contribution in [0.3, 0.4) is 0 Å². The Bertz CT molecular complexity index is 243. The first-order valence-corrected chi connectivity index (χ1v) is 6.88. The number of benzene rings is 1. The molecule has 0 amide bonds. The number of aryl methyl sites for hydroxylation is 1. The third-order valence-electron chi connectivity index (χ3n) is 3.11. The predicted molar refractivity (Wildman–Crippen MR) is 78.7 cm³/mol. The van der Waals surface area contributed by atoms with E-state index in [0.717, 1.165) is 0 Å². The van der Waals surface area contributed by atoms with Crippen LogP contribution < -0.4 is 0 Å². The minimum absolute atomic E-state index is 0. The quantitative estimate of drug-likeness (QED) is 0.428. The van der Waals surface area contributed by atoms with Gasteiger partial charge in [-0.05, 0) is 24.5 Å². The van der Waals surface area contributed by atoms with E-state index >= 15 is 0 Å². The SMILES string of the molecule is CCCCCCCCCCc1cc[c]cc1.[LiH]. The molecule has 0 saturated carbocycles. The Morgan fingerprint density at radius 2 is 1.35 bits per heavy atom. The van der Waals surface area contributed by atoms with Crippen LogP contribution in [-0.2, 0) is 6.42 Å². The second-order valence-electron chi connectivity index (χ2n) is 4.63. The molecule has 0 heterocycles. The van der Waals surface area contributed by atoms with Gasteiger partial charge in [0.15, 0.2) is 0 Å². The van der Waals surface area contributed by atoms with E-state index in [1.807, 2.05) is 12.1 Å². The zero-order valence-corrected chi connectivity index (χ0v) is 10.7. The van der Waals surface area contributed by atoms with Crippen molar-refractivity contribution in [2.75, 3.05) is 0 Å². The van der Waals surface area contributed by atoms with Gasteiger partial charge in [0.25, 0.3) is 0 Å². The van der Waals surface area contributed by atoms with E-state index < -0.39 is 0 Å². The van der Waals surface area contributed by atoms with Gasteiger partial charge in [-0.15, -0.1) is 0 Å². The zero-order valence-electron chi connectivity index (χ0n) is 10.7. The van der Waals surface area contributed by atoms with Crippen LogP contribution in [0.25, 0.3) is 0 Å². The van der Waals surface area contributed by atoms with Crippen molar-refractivity contribution in [1.82, 2.24) is 0 Å². The molecule has 0 aliphatic rings. The van der Waals surface area contributed by atoms with Crippen molar-refractivity contribution in [2.45, 2.75) is 64.7 Å². The standard InChI is InChI=1S/C16H25.Li.H/c1-2-3-4-5-6-7-8-10-13-16-14-11-9-12-15-16;;/h11-12,14-15H,2-8,10,13H2,1H3;;. The topological polar surface area (TPSA) is 0 Å². The first-order valence-electron chi connectivity index (χ1n) is 6.88. The molecular formula is C16H26Li. The van der Waals surface area contributed by atoms with Gasteiger partial charge in [-0.2, -0.15) is 0 Å². The van der Waals surface area contributed by atoms with Crippen molar-refractivity contribution in [1.29, 1.82) is 0 Å². The van der Waals surface area contributed by atoms with Crippen LogP contribution in [0.2, 0.25) is 0 Å². The van der Waals surface area contributed by atoms with Crippen molar-refractivity contribution >= 4 is 18.9 Å². The average Bonchev–Trinajstić information content (AvgIpc) is 2.34. The van der Waals surface area contributed by atoms with Crippen LogP contribution in [0.5, 0.6) is 0 Å². The molecule has 17 heavy (non-hydrogen) atoms. The molecule has 0 nitrogen and oxygen atoms in total. The summed E-state index contributed by atoms with van der Waals surface area (Å²) in [6.45, 7) is 2.28. The summed E-state index contributed by atoms with van der Waals surface area (Å²) in [5.74, 6) is 0. The third kappa shape index (κ3) is 9.51. The summed E-state index contributed by atoms with van der Waals surface area (Å²) in [5, 5.41) is 0. The first kappa shape index (κ1) is 16.8. The molecule has 91 valence electrons. The Kier molecular flexibility index (Phi) is 12.1. The fourth-order valence-electron chi connectivity index (χ4n) is 2.05. The van der Waals surface area contributed by atoms with E-state index in [1.54, 1.807) is 0 Å². The molecule has 0 bridgehead atoms. The molecule has 0 aromatic heterocycles. The average molecular weight is 225 g/mol. The third-order valence-corrected chi connectivity index (χ3v) is 3.11. The van der Waals surface area contributed by atoms with Gasteiger partial charge in [0.2, 0.25) is 0 Å². The van der Waals surface area contributed by atoms with Crippen LogP contribution in [0.4, 0.5) is 0 Å². The van der Waals surface area contributed by atoms with E-state index in [0.29, 0.717) is 0 Å². The molecule has 1 radical (unpaired) electrons. The van der Waals surface area contributed by atoms with E-state index in [4.69, 9.17) is 0 Å². The van der Waals surface area contributed by atoms with E-state index in [-0.39, 0.29) is 18.9 Å². The van der Waals surface area contributed by atoms with Crippen molar-refractivity contribution in [3.05, 3.63) is 35.9 Å². The number of hydrogen-bond donors (Lipinski definition) is 0. The van der Waals surface area contributed by atoms with E-state index in [1.165, 1.54) is 63.4 Å². The van der Waals surface area contributed by atoms with Crippen LogP contribution in [0.1, 0.15) is 63.9 Å². The summed E-state index contributed by atoms with van der Waals surface area (Å²) < 4.78 is 0. The van der Waals surface area contributed by atoms with Crippen LogP contribution in [0, 0.1) is 6.07 Å².